The average molecular weight is 500 g/mol. The lowest BCUT2D eigenvalue weighted by Gasteiger charge is -2.13. The molecule has 0 radical (unpaired) electrons. The van der Waals surface area contributed by atoms with Crippen molar-refractivity contribution in [2.24, 2.45) is 4.99 Å². The van der Waals surface area contributed by atoms with Crippen LogP contribution in [0.25, 0.3) is 22.2 Å². The van der Waals surface area contributed by atoms with Crippen molar-refractivity contribution in [3.8, 4) is 11.3 Å². The number of hydrazine groups is 1. The molecule has 36 heavy (non-hydrogen) atoms. The predicted molar refractivity (Wildman–Crippen MR) is 136 cm³/mol. The zero-order valence-corrected chi connectivity index (χ0v) is 19.9. The minimum absolute atomic E-state index is 0.0761. The number of rotatable bonds is 4. The number of hydrogen-bond donors (Lipinski definition) is 3. The molecule has 0 saturated heterocycles. The maximum absolute atomic E-state index is 13.1. The first-order valence-corrected chi connectivity index (χ1v) is 12.6. The summed E-state index contributed by atoms with van der Waals surface area (Å²) in [6.45, 7) is 1.50. The van der Waals surface area contributed by atoms with E-state index in [1.807, 2.05) is 42.5 Å². The number of amides is 2. The fraction of sp³-hybridized carbons (Fsp3) is 0.0769. The molecule has 0 fully saturated rings. The molecule has 2 amide bonds. The van der Waals surface area contributed by atoms with Gasteiger partial charge < -0.3 is 0 Å². The number of aromatic nitrogens is 1. The number of para-hydroxylation sites is 1. The van der Waals surface area contributed by atoms with Crippen molar-refractivity contribution in [2.75, 3.05) is 0 Å². The quantitative estimate of drug-likeness (QED) is 0.372. The van der Waals surface area contributed by atoms with Gasteiger partial charge in [-0.1, -0.05) is 60.7 Å². The molecule has 0 saturated carbocycles. The molecule has 1 aliphatic heterocycles. The predicted octanol–water partition coefficient (Wildman–Crippen LogP) is 2.79. The van der Waals surface area contributed by atoms with Crippen LogP contribution in [0.5, 0.6) is 0 Å². The number of fused-ring (bicyclic) bond motifs is 2. The van der Waals surface area contributed by atoms with Crippen molar-refractivity contribution in [3.05, 3.63) is 96.1 Å². The van der Waals surface area contributed by atoms with Gasteiger partial charge in [0.2, 0.25) is 0 Å². The Labute approximate surface area is 207 Å². The van der Waals surface area contributed by atoms with Gasteiger partial charge in [-0.25, -0.2) is 13.4 Å². The molecule has 9 nitrogen and oxygen atoms in total. The van der Waals surface area contributed by atoms with Gasteiger partial charge in [-0.2, -0.15) is 0 Å². The van der Waals surface area contributed by atoms with Crippen LogP contribution < -0.4 is 15.6 Å². The Morgan fingerprint density at radius 3 is 2.42 bits per heavy atom. The van der Waals surface area contributed by atoms with Crippen LogP contribution in [-0.4, -0.2) is 37.1 Å². The van der Waals surface area contributed by atoms with Crippen molar-refractivity contribution in [2.45, 2.75) is 17.9 Å². The minimum Gasteiger partial charge on any atom is -0.271 e. The van der Waals surface area contributed by atoms with Crippen molar-refractivity contribution < 1.29 is 18.0 Å². The van der Waals surface area contributed by atoms with E-state index in [-0.39, 0.29) is 10.7 Å². The molecule has 3 N–H and O–H groups in total. The summed E-state index contributed by atoms with van der Waals surface area (Å²) in [7, 11) is -3.72. The van der Waals surface area contributed by atoms with E-state index < -0.39 is 27.9 Å². The SMILES string of the molecule is CC(N=C1NS(=O)(=O)c2ccccc21)C(=O)NNC(=O)c1cc(-c2ccccc2)nc2ccccc12. The number of pyridine rings is 1. The number of sulfonamides is 1. The molecular formula is C26H21N5O4S. The van der Waals surface area contributed by atoms with Crippen molar-refractivity contribution in [1.29, 1.82) is 0 Å². The third kappa shape index (κ3) is 4.41. The number of carbonyl (C=O) groups is 2. The molecule has 4 aromatic rings. The zero-order chi connectivity index (χ0) is 25.3. The highest BCUT2D eigenvalue weighted by Crippen LogP contribution is 2.25. The topological polar surface area (TPSA) is 130 Å². The molecule has 2 heterocycles. The van der Waals surface area contributed by atoms with Gasteiger partial charge in [0.25, 0.3) is 21.8 Å². The van der Waals surface area contributed by atoms with Gasteiger partial charge in [0.15, 0.2) is 0 Å². The first-order chi connectivity index (χ1) is 17.3. The summed E-state index contributed by atoms with van der Waals surface area (Å²) < 4.78 is 26.9. The number of nitrogens with zero attached hydrogens (tertiary/aromatic N) is 2. The lowest BCUT2D eigenvalue weighted by Crippen LogP contribution is -2.45. The smallest absolute Gasteiger partial charge is 0.270 e. The second kappa shape index (κ2) is 9.23. The van der Waals surface area contributed by atoms with Crippen LogP contribution in [-0.2, 0) is 14.8 Å². The molecule has 10 heteroatoms. The maximum atomic E-state index is 13.1. The van der Waals surface area contributed by atoms with E-state index in [1.54, 1.807) is 36.4 Å². The van der Waals surface area contributed by atoms with Crippen LogP contribution in [0.3, 0.4) is 0 Å². The molecule has 5 rings (SSSR count). The summed E-state index contributed by atoms with van der Waals surface area (Å²) in [5.74, 6) is -1.06. The average Bonchev–Trinajstić information content (AvgIpc) is 3.16. The second-order valence-corrected chi connectivity index (χ2v) is 9.79. The summed E-state index contributed by atoms with van der Waals surface area (Å²) >= 11 is 0. The highest BCUT2D eigenvalue weighted by molar-refractivity contribution is 7.90. The fourth-order valence-corrected chi connectivity index (χ4v) is 5.13. The highest BCUT2D eigenvalue weighted by Gasteiger charge is 2.31. The van der Waals surface area contributed by atoms with Crippen LogP contribution in [0.2, 0.25) is 0 Å². The summed E-state index contributed by atoms with van der Waals surface area (Å²) in [5.41, 5.74) is 7.66. The van der Waals surface area contributed by atoms with Crippen LogP contribution >= 0.6 is 0 Å². The number of hydrogen-bond acceptors (Lipinski definition) is 6. The van der Waals surface area contributed by atoms with Gasteiger partial charge in [-0.15, -0.1) is 0 Å². The number of aliphatic imine (C=N–C) groups is 1. The van der Waals surface area contributed by atoms with Crippen LogP contribution in [0.1, 0.15) is 22.8 Å². The van der Waals surface area contributed by atoms with Gasteiger partial charge in [0.1, 0.15) is 11.9 Å². The Bertz CT molecular complexity index is 1630. The van der Waals surface area contributed by atoms with E-state index in [0.717, 1.165) is 5.56 Å². The van der Waals surface area contributed by atoms with E-state index in [0.29, 0.717) is 27.7 Å². The molecule has 1 aromatic heterocycles. The summed E-state index contributed by atoms with van der Waals surface area (Å²) in [4.78, 5) is 34.7. The van der Waals surface area contributed by atoms with Gasteiger partial charge in [-0.05, 0) is 31.2 Å². The van der Waals surface area contributed by atoms with Crippen molar-refractivity contribution in [3.63, 3.8) is 0 Å². The second-order valence-electron chi connectivity index (χ2n) is 8.14. The van der Waals surface area contributed by atoms with Crippen LogP contribution in [0, 0.1) is 0 Å². The maximum Gasteiger partial charge on any atom is 0.270 e. The number of benzene rings is 3. The number of nitrogens with one attached hydrogen (secondary N) is 3. The summed E-state index contributed by atoms with van der Waals surface area (Å²) in [5, 5.41) is 0.634. The van der Waals surface area contributed by atoms with Crippen LogP contribution in [0.4, 0.5) is 0 Å². The Kier molecular flexibility index (Phi) is 5.95. The molecule has 1 atom stereocenters. The molecule has 3 aromatic carbocycles. The number of carbonyl (C=O) groups excluding carboxylic acids is 2. The third-order valence-electron chi connectivity index (χ3n) is 5.69. The summed E-state index contributed by atoms with van der Waals surface area (Å²) in [6, 6.07) is 23.8. The Morgan fingerprint density at radius 1 is 0.917 bits per heavy atom. The van der Waals surface area contributed by atoms with Crippen LogP contribution in [0.15, 0.2) is 94.8 Å². The monoisotopic (exact) mass is 499 g/mol. The molecule has 180 valence electrons. The zero-order valence-electron chi connectivity index (χ0n) is 19.1. The molecular weight excluding hydrogens is 478 g/mol. The first-order valence-electron chi connectivity index (χ1n) is 11.1. The van der Waals surface area contributed by atoms with Gasteiger partial charge in [0.05, 0.1) is 21.7 Å². The Balaban J connectivity index is 1.35. The van der Waals surface area contributed by atoms with E-state index in [4.69, 9.17) is 0 Å². The highest BCUT2D eigenvalue weighted by atomic mass is 32.2. The van der Waals surface area contributed by atoms with Crippen molar-refractivity contribution >= 4 is 38.6 Å². The molecule has 1 aliphatic rings. The minimum atomic E-state index is -3.72. The van der Waals surface area contributed by atoms with Crippen molar-refractivity contribution in [1.82, 2.24) is 20.6 Å². The molecule has 0 spiro atoms. The molecule has 0 bridgehead atoms. The van der Waals surface area contributed by atoms with E-state index in [2.05, 4.69) is 25.6 Å². The normalized spacial score (nSPS) is 15.6. The van der Waals surface area contributed by atoms with Gasteiger partial charge in [0, 0.05) is 16.5 Å². The first kappa shape index (κ1) is 23.2. The van der Waals surface area contributed by atoms with E-state index >= 15 is 0 Å². The lowest BCUT2D eigenvalue weighted by molar-refractivity contribution is -0.122. The largest absolute Gasteiger partial charge is 0.271 e. The van der Waals surface area contributed by atoms with E-state index in [9.17, 15) is 18.0 Å². The third-order valence-corrected chi connectivity index (χ3v) is 7.09. The summed E-state index contributed by atoms with van der Waals surface area (Å²) in [6.07, 6.45) is 0. The number of amidine groups is 1. The standard InChI is InChI=1S/C26H21N5O4S/c1-16(27-24-19-12-6-8-14-23(19)36(34,35)31-24)25(32)29-30-26(33)20-15-22(17-9-3-2-4-10-17)28-21-13-7-5-11-18(20)21/h2-16H,1H3,(H,27,31)(H,29,32)(H,30,33). The Hall–Kier alpha value is -4.57. The fourth-order valence-electron chi connectivity index (χ4n) is 3.89. The van der Waals surface area contributed by atoms with E-state index in [1.165, 1.54) is 13.0 Å². The lowest BCUT2D eigenvalue weighted by atomic mass is 10.0. The molecule has 1 unspecified atom stereocenters. The molecule has 0 aliphatic carbocycles. The Morgan fingerprint density at radius 2 is 1.61 bits per heavy atom. The van der Waals surface area contributed by atoms with Gasteiger partial charge in [-0.3, -0.25) is 30.2 Å². The van der Waals surface area contributed by atoms with Gasteiger partial charge >= 0.3 is 0 Å².